The third kappa shape index (κ3) is 6.02. The second-order valence-corrected chi connectivity index (χ2v) is 10.4. The van der Waals surface area contributed by atoms with Crippen molar-refractivity contribution in [1.82, 2.24) is 10.6 Å². The summed E-state index contributed by atoms with van der Waals surface area (Å²) in [6.07, 6.45) is 0.348. The second kappa shape index (κ2) is 12.3. The summed E-state index contributed by atoms with van der Waals surface area (Å²) in [6.45, 7) is 2.07. The summed E-state index contributed by atoms with van der Waals surface area (Å²) in [5, 5.41) is 15.1. The van der Waals surface area contributed by atoms with Gasteiger partial charge in [-0.1, -0.05) is 85.3 Å². The number of aliphatic carboxylic acids is 1. The van der Waals surface area contributed by atoms with Gasteiger partial charge >= 0.3 is 12.1 Å². The fourth-order valence-corrected chi connectivity index (χ4v) is 5.76. The molecule has 2 unspecified atom stereocenters. The van der Waals surface area contributed by atoms with Gasteiger partial charge < -0.3 is 25.2 Å². The number of hydrogen-bond donors (Lipinski definition) is 3. The third-order valence-corrected chi connectivity index (χ3v) is 7.89. The first kappa shape index (κ1) is 27.4. The number of fused-ring (bicyclic) bond motifs is 3. The number of alkyl carbamates (subject to hydrolysis) is 1. The third-order valence-electron chi connectivity index (χ3n) is 7.89. The Hall–Kier alpha value is -4.17. The van der Waals surface area contributed by atoms with Crippen molar-refractivity contribution in [3.8, 4) is 11.1 Å². The molecule has 3 N–H and O–H groups in total. The molecule has 40 heavy (non-hydrogen) atoms. The summed E-state index contributed by atoms with van der Waals surface area (Å²) in [5.41, 5.74) is 5.35. The first-order valence-corrected chi connectivity index (χ1v) is 13.7. The summed E-state index contributed by atoms with van der Waals surface area (Å²) in [5.74, 6) is -2.20. The van der Waals surface area contributed by atoms with E-state index in [-0.39, 0.29) is 19.1 Å². The lowest BCUT2D eigenvalue weighted by Crippen LogP contribution is -2.56. The van der Waals surface area contributed by atoms with E-state index >= 15 is 0 Å². The predicted molar refractivity (Wildman–Crippen MR) is 150 cm³/mol. The number of carboxylic acids is 1. The van der Waals surface area contributed by atoms with Crippen molar-refractivity contribution in [2.24, 2.45) is 5.92 Å². The van der Waals surface area contributed by atoms with Crippen molar-refractivity contribution in [2.75, 3.05) is 6.61 Å². The topological polar surface area (TPSA) is 114 Å². The van der Waals surface area contributed by atoms with Gasteiger partial charge in [-0.15, -0.1) is 0 Å². The Morgan fingerprint density at radius 3 is 2.17 bits per heavy atom. The summed E-state index contributed by atoms with van der Waals surface area (Å²) in [4.78, 5) is 38.1. The summed E-state index contributed by atoms with van der Waals surface area (Å²) in [6, 6.07) is 24.1. The van der Waals surface area contributed by atoms with Crippen LogP contribution < -0.4 is 10.6 Å². The molecule has 0 radical (unpaired) electrons. The number of ether oxygens (including phenoxy) is 2. The van der Waals surface area contributed by atoms with E-state index < -0.39 is 42.1 Å². The van der Waals surface area contributed by atoms with Gasteiger partial charge in [-0.25, -0.2) is 4.79 Å². The predicted octanol–water partition coefficient (Wildman–Crippen LogP) is 4.87. The zero-order valence-electron chi connectivity index (χ0n) is 22.4. The quantitative estimate of drug-likeness (QED) is 0.337. The number of nitrogens with one attached hydrogen (secondary N) is 2. The van der Waals surface area contributed by atoms with Gasteiger partial charge in [-0.05, 0) is 47.6 Å². The van der Waals surface area contributed by atoms with Gasteiger partial charge in [0.2, 0.25) is 5.91 Å². The van der Waals surface area contributed by atoms with Crippen LogP contribution >= 0.6 is 0 Å². The zero-order valence-corrected chi connectivity index (χ0v) is 22.4. The van der Waals surface area contributed by atoms with Gasteiger partial charge in [-0.3, -0.25) is 9.59 Å². The minimum absolute atomic E-state index is 0.108. The lowest BCUT2D eigenvalue weighted by Gasteiger charge is -2.27. The number of carboxylic acid groups (broad SMARTS) is 1. The Morgan fingerprint density at radius 1 is 0.900 bits per heavy atom. The van der Waals surface area contributed by atoms with E-state index in [2.05, 4.69) is 22.8 Å². The molecule has 8 nitrogen and oxygen atoms in total. The summed E-state index contributed by atoms with van der Waals surface area (Å²) < 4.78 is 11.7. The SMILES string of the molecule is CC(OCc1ccccc1)C(NC(=O)OCC1c2ccccc2-c2ccccc21)C(=O)N[C@@H]1CCC[C@@H]1C(=O)O. The number of benzene rings is 3. The first-order valence-electron chi connectivity index (χ1n) is 13.7. The molecule has 5 rings (SSSR count). The highest BCUT2D eigenvalue weighted by Crippen LogP contribution is 2.44. The Morgan fingerprint density at radius 2 is 1.52 bits per heavy atom. The number of carbonyl (C=O) groups excluding carboxylic acids is 2. The van der Waals surface area contributed by atoms with Crippen molar-refractivity contribution >= 4 is 18.0 Å². The molecular formula is C32H34N2O6. The van der Waals surface area contributed by atoms with Gasteiger partial charge in [0.05, 0.1) is 18.6 Å². The second-order valence-electron chi connectivity index (χ2n) is 10.4. The van der Waals surface area contributed by atoms with E-state index in [0.717, 1.165) is 27.8 Å². The molecule has 3 aromatic carbocycles. The number of hydrogen-bond acceptors (Lipinski definition) is 5. The van der Waals surface area contributed by atoms with Crippen LogP contribution in [0.2, 0.25) is 0 Å². The van der Waals surface area contributed by atoms with Crippen LogP contribution in [0.3, 0.4) is 0 Å². The molecule has 0 aromatic heterocycles. The van der Waals surface area contributed by atoms with Crippen LogP contribution in [0.25, 0.3) is 11.1 Å². The van der Waals surface area contributed by atoms with Gasteiger partial charge in [0, 0.05) is 12.0 Å². The van der Waals surface area contributed by atoms with Crippen molar-refractivity contribution in [1.29, 1.82) is 0 Å². The maximum absolute atomic E-state index is 13.4. The Bertz CT molecular complexity index is 1310. The van der Waals surface area contributed by atoms with Crippen LogP contribution in [0.15, 0.2) is 78.9 Å². The lowest BCUT2D eigenvalue weighted by atomic mass is 9.98. The number of amides is 2. The summed E-state index contributed by atoms with van der Waals surface area (Å²) in [7, 11) is 0. The van der Waals surface area contributed by atoms with Crippen molar-refractivity contribution in [3.05, 3.63) is 95.6 Å². The summed E-state index contributed by atoms with van der Waals surface area (Å²) >= 11 is 0. The first-order chi connectivity index (χ1) is 19.4. The molecule has 8 heteroatoms. The van der Waals surface area contributed by atoms with Gasteiger partial charge in [0.25, 0.3) is 0 Å². The van der Waals surface area contributed by atoms with Gasteiger partial charge in [-0.2, -0.15) is 0 Å². The maximum Gasteiger partial charge on any atom is 0.407 e. The van der Waals surface area contributed by atoms with E-state index in [4.69, 9.17) is 9.47 Å². The number of carbonyl (C=O) groups is 3. The Labute approximate surface area is 233 Å². The molecular weight excluding hydrogens is 508 g/mol. The number of rotatable bonds is 10. The smallest absolute Gasteiger partial charge is 0.407 e. The largest absolute Gasteiger partial charge is 0.481 e. The van der Waals surface area contributed by atoms with Crippen molar-refractivity contribution in [3.63, 3.8) is 0 Å². The van der Waals surface area contributed by atoms with E-state index in [1.165, 1.54) is 0 Å². The fraction of sp³-hybridized carbons (Fsp3) is 0.344. The molecule has 0 bridgehead atoms. The molecule has 2 aliphatic rings. The van der Waals surface area contributed by atoms with Crippen LogP contribution in [0.1, 0.15) is 48.8 Å². The molecule has 0 spiro atoms. The highest BCUT2D eigenvalue weighted by molar-refractivity contribution is 5.87. The van der Waals surface area contributed by atoms with Gasteiger partial charge in [0.15, 0.2) is 0 Å². The normalized spacial score (nSPS) is 19.2. The van der Waals surface area contributed by atoms with Crippen molar-refractivity contribution in [2.45, 2.75) is 56.9 Å². The van der Waals surface area contributed by atoms with E-state index in [0.29, 0.717) is 19.3 Å². The van der Waals surface area contributed by atoms with Crippen LogP contribution in [-0.2, 0) is 25.7 Å². The van der Waals surface area contributed by atoms with E-state index in [1.807, 2.05) is 66.7 Å². The highest BCUT2D eigenvalue weighted by Gasteiger charge is 2.37. The van der Waals surface area contributed by atoms with E-state index in [1.54, 1.807) is 6.92 Å². The fourth-order valence-electron chi connectivity index (χ4n) is 5.76. The van der Waals surface area contributed by atoms with Crippen molar-refractivity contribution < 1.29 is 29.0 Å². The van der Waals surface area contributed by atoms with Crippen LogP contribution in [0.5, 0.6) is 0 Å². The molecule has 0 aliphatic heterocycles. The molecule has 208 valence electrons. The molecule has 0 saturated heterocycles. The minimum Gasteiger partial charge on any atom is -0.481 e. The zero-order chi connectivity index (χ0) is 28.1. The molecule has 2 amide bonds. The van der Waals surface area contributed by atoms with Crippen LogP contribution in [-0.4, -0.2) is 47.9 Å². The highest BCUT2D eigenvalue weighted by atomic mass is 16.5. The van der Waals surface area contributed by atoms with Crippen LogP contribution in [0.4, 0.5) is 4.79 Å². The maximum atomic E-state index is 13.4. The van der Waals surface area contributed by atoms with Crippen LogP contribution in [0, 0.1) is 5.92 Å². The molecule has 4 atom stereocenters. The average molecular weight is 543 g/mol. The molecule has 1 saturated carbocycles. The minimum atomic E-state index is -1.07. The monoisotopic (exact) mass is 542 g/mol. The van der Waals surface area contributed by atoms with E-state index in [9.17, 15) is 19.5 Å². The molecule has 3 aromatic rings. The Balaban J connectivity index is 1.27. The standard InChI is InChI=1S/C32H34N2O6/c1-20(39-18-21-10-3-2-4-11-21)29(30(35)33-28-17-9-16-26(28)31(36)37)34-32(38)40-19-27-24-14-7-5-12-22(24)23-13-6-8-15-25(23)27/h2-8,10-15,20,26-29H,9,16-19H2,1H3,(H,33,35)(H,34,38)(H,36,37)/t20?,26-,28+,29?/m0/s1. The average Bonchev–Trinajstić information content (AvgIpc) is 3.56. The molecule has 1 fully saturated rings. The molecule has 2 aliphatic carbocycles. The molecule has 0 heterocycles. The lowest BCUT2D eigenvalue weighted by molar-refractivity contribution is -0.142. The Kier molecular flexibility index (Phi) is 8.45. The van der Waals surface area contributed by atoms with Gasteiger partial charge in [0.1, 0.15) is 12.6 Å².